The zero-order chi connectivity index (χ0) is 58.3. The molecular weight excluding hydrogens is 1100 g/mol. The lowest BCUT2D eigenvalue weighted by Crippen LogP contribution is -2.63. The highest BCUT2D eigenvalue weighted by atomic mass is 16.6. The number of aliphatic hydroxyl groups is 1. The number of hydrogen-bond acceptors (Lipinski definition) is 13. The van der Waals surface area contributed by atoms with E-state index in [0.717, 1.165) is 102 Å². The second-order valence-electron chi connectivity index (χ2n) is 30.3. The van der Waals surface area contributed by atoms with Gasteiger partial charge in [-0.15, -0.1) is 0 Å². The van der Waals surface area contributed by atoms with E-state index >= 15 is 0 Å². The van der Waals surface area contributed by atoms with Crippen molar-refractivity contribution >= 4 is 35.8 Å². The van der Waals surface area contributed by atoms with Gasteiger partial charge in [-0.1, -0.05) is 108 Å². The van der Waals surface area contributed by atoms with Crippen LogP contribution in [-0.4, -0.2) is 82.1 Å². The molecule has 13 aliphatic rings. The molecule has 2 aliphatic heterocycles. The van der Waals surface area contributed by atoms with E-state index in [-0.39, 0.29) is 135 Å². The first-order chi connectivity index (χ1) is 36.8. The summed E-state index contributed by atoms with van der Waals surface area (Å²) in [5.74, 6) is 4.03. The molecule has 0 spiro atoms. The molecule has 11 saturated carbocycles. The summed E-state index contributed by atoms with van der Waals surface area (Å²) in [6.07, 6.45) is 23.5. The van der Waals surface area contributed by atoms with Gasteiger partial charge in [0.2, 0.25) is 0 Å². The van der Waals surface area contributed by atoms with E-state index in [9.17, 15) is 33.9 Å². The van der Waals surface area contributed by atoms with E-state index in [4.69, 9.17) is 28.4 Å². The monoisotopic (exact) mass is 1240 g/mol. The quantitative estimate of drug-likeness (QED) is 0.114. The summed E-state index contributed by atoms with van der Waals surface area (Å²) in [5, 5.41) is 10.6. The van der Waals surface area contributed by atoms with Gasteiger partial charge in [0, 0.05) is 12.3 Å². The Hall–Kier alpha value is -3.22. The van der Waals surface area contributed by atoms with Gasteiger partial charge in [-0.25, -0.2) is 4.79 Å². The van der Waals surface area contributed by atoms with Crippen molar-refractivity contribution in [3.8, 4) is 0 Å². The third kappa shape index (κ3) is 19.0. The van der Waals surface area contributed by atoms with Gasteiger partial charge in [0.15, 0.2) is 6.61 Å². The summed E-state index contributed by atoms with van der Waals surface area (Å²) in [5.41, 5.74) is -2.92. The van der Waals surface area contributed by atoms with Crippen LogP contribution in [0.25, 0.3) is 0 Å². The number of carbonyl (C=O) groups is 6. The maximum atomic E-state index is 12.8. The molecule has 13 nitrogen and oxygen atoms in total. The van der Waals surface area contributed by atoms with Crippen LogP contribution in [0.1, 0.15) is 317 Å². The van der Waals surface area contributed by atoms with E-state index in [1.165, 1.54) is 51.4 Å². The topological polar surface area (TPSA) is 178 Å². The molecule has 2 saturated heterocycles. The van der Waals surface area contributed by atoms with Crippen molar-refractivity contribution in [2.75, 3.05) is 6.61 Å². The first-order valence-corrected chi connectivity index (χ1v) is 31.8. The van der Waals surface area contributed by atoms with Crippen LogP contribution < -0.4 is 0 Å². The zero-order valence-corrected chi connectivity index (χ0v) is 52.0. The van der Waals surface area contributed by atoms with E-state index in [1.54, 1.807) is 13.8 Å². The molecule has 0 amide bonds. The molecule has 2 heterocycles. The lowest BCUT2D eigenvalue weighted by atomic mass is 9.47. The summed E-state index contributed by atoms with van der Waals surface area (Å²) in [7, 11) is 0. The van der Waals surface area contributed by atoms with Crippen molar-refractivity contribution in [2.24, 2.45) is 80.8 Å². The molecule has 0 aromatic carbocycles. The van der Waals surface area contributed by atoms with Crippen LogP contribution in [0.3, 0.4) is 0 Å². The van der Waals surface area contributed by atoms with Crippen LogP contribution in [0.5, 0.6) is 0 Å². The summed E-state index contributed by atoms with van der Waals surface area (Å²) < 4.78 is 34.3. The third-order valence-corrected chi connectivity index (χ3v) is 22.5. The molecule has 13 rings (SSSR count). The molecule has 7 atom stereocenters. The van der Waals surface area contributed by atoms with E-state index < -0.39 is 34.5 Å². The smallest absolute Gasteiger partial charge is 0.344 e. The molecule has 0 aromatic heterocycles. The highest BCUT2D eigenvalue weighted by Crippen LogP contribution is 2.63. The lowest BCUT2D eigenvalue weighted by molar-refractivity contribution is -0.231. The number of hydrogen-bond donors (Lipinski definition) is 1. The van der Waals surface area contributed by atoms with Crippen LogP contribution in [0, 0.1) is 80.8 Å². The Balaban J connectivity index is 0. The Kier molecular flexibility index (Phi) is 32.4. The minimum atomic E-state index is -0.615. The molecule has 0 radical (unpaired) electrons. The van der Waals surface area contributed by atoms with E-state index in [0.29, 0.717) is 48.3 Å². The van der Waals surface area contributed by atoms with E-state index in [1.807, 2.05) is 62.3 Å². The minimum absolute atomic E-state index is 0. The van der Waals surface area contributed by atoms with Gasteiger partial charge in [0.1, 0.15) is 29.0 Å². The molecule has 7 unspecified atom stereocenters. The van der Waals surface area contributed by atoms with Crippen LogP contribution in [-0.2, 0) is 57.2 Å². The number of rotatable bonds is 16. The summed E-state index contributed by atoms with van der Waals surface area (Å²) in [6.45, 7) is 29.8. The second kappa shape index (κ2) is 32.9. The highest BCUT2D eigenvalue weighted by molar-refractivity contribution is 5.80. The van der Waals surface area contributed by atoms with E-state index in [2.05, 4.69) is 27.7 Å². The Morgan fingerprint density at radius 2 is 0.966 bits per heavy atom. The predicted octanol–water partition coefficient (Wildman–Crippen LogP) is 18.9. The molecule has 514 valence electrons. The van der Waals surface area contributed by atoms with Crippen molar-refractivity contribution < 1.29 is 62.3 Å². The zero-order valence-electron chi connectivity index (χ0n) is 52.0. The van der Waals surface area contributed by atoms with Crippen molar-refractivity contribution in [3.63, 3.8) is 0 Å². The number of carbonyl (C=O) groups excluding carboxylic acids is 6. The molecule has 12 bridgehead atoms. The highest BCUT2D eigenvalue weighted by Gasteiger charge is 2.62. The third-order valence-electron chi connectivity index (χ3n) is 22.5. The summed E-state index contributed by atoms with van der Waals surface area (Å²) in [4.78, 5) is 73.2. The van der Waals surface area contributed by atoms with Gasteiger partial charge in [-0.2, -0.15) is 0 Å². The SMILES string of the molecule is C.C.C.C.C.C.C.C.CCC(C)(C)C(=O)OC1(C(C)C)C2CC3CC(C2)CC1C3.CCC(C)(C)C(=O)OC12CC3CC(CC(O)(C3)C1)C2.CCC(C)(C)C(=O)OCC(=O)OC1C2CC3CC(C2)C(=O)OC1C3.CCC1(OC(=O)C(C)(C)CC)CCCC1. The fourth-order valence-corrected chi connectivity index (χ4v) is 16.4. The number of ether oxygens (including phenoxy) is 6. The Morgan fingerprint density at radius 1 is 0.540 bits per heavy atom. The Labute approximate surface area is 535 Å². The molecule has 13 fully saturated rings. The van der Waals surface area contributed by atoms with Crippen molar-refractivity contribution in [2.45, 2.75) is 352 Å². The lowest BCUT2D eigenvalue weighted by Gasteiger charge is -2.62. The predicted molar refractivity (Wildman–Crippen MR) is 357 cm³/mol. The molecule has 1 N–H and O–H groups in total. The largest absolute Gasteiger partial charge is 0.459 e. The normalized spacial score (nSPS) is 32.7. The Bertz CT molecular complexity index is 2140. The summed E-state index contributed by atoms with van der Waals surface area (Å²) in [6, 6.07) is 0. The van der Waals surface area contributed by atoms with Crippen LogP contribution >= 0.6 is 0 Å². The fraction of sp³-hybridized carbons (Fsp3) is 0.919. The molecule has 13 heteroatoms. The van der Waals surface area contributed by atoms with Crippen molar-refractivity contribution in [3.05, 3.63) is 0 Å². The molecule has 11 aliphatic carbocycles. The van der Waals surface area contributed by atoms with Gasteiger partial charge in [0.05, 0.1) is 33.2 Å². The van der Waals surface area contributed by atoms with Gasteiger partial charge < -0.3 is 33.5 Å². The average molecular weight is 1240 g/mol. The molecule has 0 aromatic rings. The maximum absolute atomic E-state index is 12.8. The molecule has 87 heavy (non-hydrogen) atoms. The van der Waals surface area contributed by atoms with Crippen molar-refractivity contribution in [1.29, 1.82) is 0 Å². The van der Waals surface area contributed by atoms with Gasteiger partial charge in [-0.3, -0.25) is 24.0 Å². The number of fused-ring (bicyclic) bond motifs is 1. The van der Waals surface area contributed by atoms with Gasteiger partial charge in [0.25, 0.3) is 0 Å². The maximum Gasteiger partial charge on any atom is 0.344 e. The standard InChI is InChI=1S/C19H32O2.C18H26O6.C16H26O3.C13H24O2.8CH4/c1-6-18(4,5)17(20)21-19(12(2)3)15-8-13-7-14(10-15)11-16(19)9-13;1-4-18(2,3)17(21)22-9-14(19)24-15-11-5-10-6-12(8-11)16(20)23-13(15)7-10;1-4-14(2,3)13(17)19-16-8-11-5-12(9-16)7-15(18,6-11)10-16;1-5-12(3,4)11(14)15-13(6-2)9-7-8-10-13;;;;;;;;/h12-16H,6-11H2,1-5H3;10-13,15H,4-9H2,1-3H3;11-12,18H,4-10H2,1-3H3;5-10H2,1-4H3;8*1H4. The van der Waals surface area contributed by atoms with Crippen LogP contribution in [0.15, 0.2) is 0 Å². The van der Waals surface area contributed by atoms with Gasteiger partial charge in [-0.05, 0) is 250 Å². The minimum Gasteiger partial charge on any atom is -0.459 e. The van der Waals surface area contributed by atoms with Crippen LogP contribution in [0.4, 0.5) is 0 Å². The van der Waals surface area contributed by atoms with Crippen molar-refractivity contribution in [1.82, 2.24) is 0 Å². The molecular formula is C74H140O13. The second-order valence-corrected chi connectivity index (χ2v) is 30.3. The first kappa shape index (κ1) is 85.8. The van der Waals surface area contributed by atoms with Gasteiger partial charge >= 0.3 is 35.8 Å². The Morgan fingerprint density at radius 3 is 1.40 bits per heavy atom. The fourth-order valence-electron chi connectivity index (χ4n) is 16.4. The van der Waals surface area contributed by atoms with Crippen LogP contribution in [0.2, 0.25) is 0 Å². The average Bonchev–Trinajstić information content (AvgIpc) is 1.34. The number of esters is 6. The summed E-state index contributed by atoms with van der Waals surface area (Å²) >= 11 is 0. The first-order valence-electron chi connectivity index (χ1n) is 31.8.